The first-order valence-electron chi connectivity index (χ1n) is 10.0. The van der Waals surface area contributed by atoms with Crippen LogP contribution in [0.5, 0.6) is 17.2 Å². The first-order valence-corrected chi connectivity index (χ1v) is 10.0. The molecule has 5 rings (SSSR count). The minimum atomic E-state index is -1.01. The molecule has 1 aliphatic heterocycles. The predicted octanol–water partition coefficient (Wildman–Crippen LogP) is 4.04. The molecule has 7 heteroatoms. The van der Waals surface area contributed by atoms with E-state index in [1.165, 1.54) is 12.1 Å². The Kier molecular flexibility index (Phi) is 4.78. The molecule has 4 aromatic rings. The Morgan fingerprint density at radius 1 is 1.00 bits per heavy atom. The molecule has 32 heavy (non-hydrogen) atoms. The lowest BCUT2D eigenvalue weighted by Crippen LogP contribution is -2.35. The number of nitrogens with one attached hydrogen (secondary N) is 1. The van der Waals surface area contributed by atoms with Crippen molar-refractivity contribution in [2.45, 2.75) is 12.0 Å². The first kappa shape index (κ1) is 19.7. The van der Waals surface area contributed by atoms with Gasteiger partial charge in [-0.1, -0.05) is 24.3 Å². The lowest BCUT2D eigenvalue weighted by atomic mass is 9.88. The van der Waals surface area contributed by atoms with Crippen LogP contribution >= 0.6 is 0 Å². The summed E-state index contributed by atoms with van der Waals surface area (Å²) in [5, 5.41) is 13.2. The Labute approximate surface area is 182 Å². The van der Waals surface area contributed by atoms with E-state index >= 15 is 0 Å². The van der Waals surface area contributed by atoms with Gasteiger partial charge < -0.3 is 24.3 Å². The van der Waals surface area contributed by atoms with Gasteiger partial charge in [-0.3, -0.25) is 4.79 Å². The second-order valence-electron chi connectivity index (χ2n) is 7.45. The van der Waals surface area contributed by atoms with Crippen molar-refractivity contribution < 1.29 is 23.8 Å². The number of benzene rings is 3. The summed E-state index contributed by atoms with van der Waals surface area (Å²) in [7, 11) is 1.56. The summed E-state index contributed by atoms with van der Waals surface area (Å²) >= 11 is 0. The number of ether oxygens (including phenoxy) is 2. The number of amides is 1. The van der Waals surface area contributed by atoms with Crippen molar-refractivity contribution >= 4 is 22.6 Å². The van der Waals surface area contributed by atoms with E-state index in [0.29, 0.717) is 33.7 Å². The van der Waals surface area contributed by atoms with Gasteiger partial charge in [0.25, 0.3) is 5.91 Å². The maximum absolute atomic E-state index is 13.3. The molecular formula is C25H19NO6. The SMILES string of the molecule is COc1ccc(NC(=O)[C@@H]2Oc3c(c(=O)oc4ccccc34)[C@H]2c2ccc(O)cc2)cc1. The van der Waals surface area contributed by atoms with Gasteiger partial charge >= 0.3 is 5.63 Å². The van der Waals surface area contributed by atoms with Gasteiger partial charge in [-0.2, -0.15) is 0 Å². The number of carbonyl (C=O) groups is 1. The van der Waals surface area contributed by atoms with Crippen LogP contribution in [0.1, 0.15) is 17.0 Å². The average Bonchev–Trinajstić information content (AvgIpc) is 3.22. The van der Waals surface area contributed by atoms with E-state index in [0.717, 1.165) is 0 Å². The number of hydrogen-bond donors (Lipinski definition) is 2. The molecule has 160 valence electrons. The van der Waals surface area contributed by atoms with Crippen molar-refractivity contribution in [2.75, 3.05) is 12.4 Å². The van der Waals surface area contributed by atoms with Crippen LogP contribution in [-0.2, 0) is 4.79 Å². The Balaban J connectivity index is 1.59. The summed E-state index contributed by atoms with van der Waals surface area (Å²) < 4.78 is 16.8. The largest absolute Gasteiger partial charge is 0.508 e. The van der Waals surface area contributed by atoms with E-state index in [2.05, 4.69) is 5.32 Å². The van der Waals surface area contributed by atoms with Crippen LogP contribution in [0.15, 0.2) is 82.0 Å². The van der Waals surface area contributed by atoms with E-state index in [1.54, 1.807) is 61.7 Å². The minimum absolute atomic E-state index is 0.0812. The lowest BCUT2D eigenvalue weighted by molar-refractivity contribution is -0.122. The molecule has 0 spiro atoms. The normalized spacial score (nSPS) is 16.9. The fourth-order valence-electron chi connectivity index (χ4n) is 3.99. The molecule has 2 atom stereocenters. The molecule has 2 heterocycles. The van der Waals surface area contributed by atoms with Crippen molar-refractivity contribution in [3.63, 3.8) is 0 Å². The van der Waals surface area contributed by atoms with Crippen LogP contribution in [0.2, 0.25) is 0 Å². The molecule has 0 fully saturated rings. The Morgan fingerprint density at radius 3 is 2.44 bits per heavy atom. The number of fused-ring (bicyclic) bond motifs is 3. The van der Waals surface area contributed by atoms with Crippen molar-refractivity contribution in [3.05, 3.63) is 94.3 Å². The molecule has 0 radical (unpaired) electrons. The van der Waals surface area contributed by atoms with E-state index in [4.69, 9.17) is 13.9 Å². The molecule has 0 bridgehead atoms. The Bertz CT molecular complexity index is 1360. The molecule has 1 aromatic heterocycles. The number of methoxy groups -OCH3 is 1. The minimum Gasteiger partial charge on any atom is -0.508 e. The summed E-state index contributed by atoms with van der Waals surface area (Å²) in [5.74, 6) is -0.0290. The highest BCUT2D eigenvalue weighted by Crippen LogP contribution is 2.44. The van der Waals surface area contributed by atoms with Gasteiger partial charge in [0.15, 0.2) is 6.10 Å². The third-order valence-corrected chi connectivity index (χ3v) is 5.53. The molecular weight excluding hydrogens is 410 g/mol. The average molecular weight is 429 g/mol. The van der Waals surface area contributed by atoms with Crippen LogP contribution in [-0.4, -0.2) is 24.2 Å². The molecule has 1 aliphatic rings. The van der Waals surface area contributed by atoms with Crippen LogP contribution in [0, 0.1) is 0 Å². The summed E-state index contributed by atoms with van der Waals surface area (Å²) in [6, 6.07) is 20.3. The fourth-order valence-corrected chi connectivity index (χ4v) is 3.99. The predicted molar refractivity (Wildman–Crippen MR) is 118 cm³/mol. The highest BCUT2D eigenvalue weighted by Gasteiger charge is 2.44. The molecule has 7 nitrogen and oxygen atoms in total. The quantitative estimate of drug-likeness (QED) is 0.475. The van der Waals surface area contributed by atoms with E-state index in [9.17, 15) is 14.7 Å². The zero-order valence-corrected chi connectivity index (χ0v) is 17.1. The Hall–Kier alpha value is -4.26. The second kappa shape index (κ2) is 7.77. The summed E-state index contributed by atoms with van der Waals surface area (Å²) in [6.45, 7) is 0. The maximum atomic E-state index is 13.3. The third-order valence-electron chi connectivity index (χ3n) is 5.53. The van der Waals surface area contributed by atoms with Gasteiger partial charge in [0, 0.05) is 5.69 Å². The van der Waals surface area contributed by atoms with Gasteiger partial charge in [0.1, 0.15) is 22.8 Å². The molecule has 0 unspecified atom stereocenters. The summed E-state index contributed by atoms with van der Waals surface area (Å²) in [6.07, 6.45) is -1.01. The smallest absolute Gasteiger partial charge is 0.344 e. The first-order chi connectivity index (χ1) is 15.5. The summed E-state index contributed by atoms with van der Waals surface area (Å²) in [4.78, 5) is 26.2. The molecule has 2 N–H and O–H groups in total. The molecule has 3 aromatic carbocycles. The van der Waals surface area contributed by atoms with E-state index in [-0.39, 0.29) is 11.3 Å². The number of anilines is 1. The second-order valence-corrected chi connectivity index (χ2v) is 7.45. The van der Waals surface area contributed by atoms with Crippen LogP contribution in [0.25, 0.3) is 11.0 Å². The van der Waals surface area contributed by atoms with E-state index in [1.807, 2.05) is 6.07 Å². The molecule has 0 saturated heterocycles. The van der Waals surface area contributed by atoms with E-state index < -0.39 is 23.6 Å². The number of phenolic OH excluding ortho intramolecular Hbond substituents is 1. The molecule has 0 saturated carbocycles. The van der Waals surface area contributed by atoms with Gasteiger partial charge in [0.05, 0.1) is 24.0 Å². The number of rotatable bonds is 4. The monoisotopic (exact) mass is 429 g/mol. The van der Waals surface area contributed by atoms with Gasteiger partial charge in [0.2, 0.25) is 0 Å². The number of phenols is 1. The van der Waals surface area contributed by atoms with Crippen molar-refractivity contribution in [1.29, 1.82) is 0 Å². The van der Waals surface area contributed by atoms with Crippen molar-refractivity contribution in [2.24, 2.45) is 0 Å². The standard InChI is InChI=1S/C25H19NO6/c1-30-17-12-8-15(9-13-17)26-24(28)23-20(14-6-10-16(27)11-7-14)21-22(32-23)18-4-2-3-5-19(18)31-25(21)29/h2-13,20,23,27H,1H3,(H,26,28)/t20-,23-/m1/s1. The van der Waals surface area contributed by atoms with Gasteiger partial charge in [-0.25, -0.2) is 4.79 Å². The van der Waals surface area contributed by atoms with Gasteiger partial charge in [-0.05, 0) is 54.1 Å². The van der Waals surface area contributed by atoms with Crippen molar-refractivity contribution in [3.8, 4) is 17.2 Å². The number of para-hydroxylation sites is 1. The third kappa shape index (κ3) is 3.33. The topological polar surface area (TPSA) is 98.0 Å². The Morgan fingerprint density at radius 2 is 1.72 bits per heavy atom. The highest BCUT2D eigenvalue weighted by molar-refractivity contribution is 5.97. The van der Waals surface area contributed by atoms with Crippen molar-refractivity contribution in [1.82, 2.24) is 0 Å². The summed E-state index contributed by atoms with van der Waals surface area (Å²) in [5.41, 5.74) is 1.33. The molecule has 0 aliphatic carbocycles. The van der Waals surface area contributed by atoms with Crippen LogP contribution in [0.3, 0.4) is 0 Å². The van der Waals surface area contributed by atoms with Gasteiger partial charge in [-0.15, -0.1) is 0 Å². The highest BCUT2D eigenvalue weighted by atomic mass is 16.5. The van der Waals surface area contributed by atoms with Crippen LogP contribution in [0.4, 0.5) is 5.69 Å². The van der Waals surface area contributed by atoms with Crippen LogP contribution < -0.4 is 20.4 Å². The fraction of sp³-hybridized carbons (Fsp3) is 0.120. The lowest BCUT2D eigenvalue weighted by Gasteiger charge is -2.19. The zero-order valence-electron chi connectivity index (χ0n) is 17.1. The number of aromatic hydroxyl groups is 1. The molecule has 1 amide bonds. The number of hydrogen-bond acceptors (Lipinski definition) is 6. The number of carbonyl (C=O) groups excluding carboxylic acids is 1. The zero-order chi connectivity index (χ0) is 22.2. The maximum Gasteiger partial charge on any atom is 0.344 e.